The Morgan fingerprint density at radius 2 is 1.09 bits per heavy atom. The molecule has 5 nitrogen and oxygen atoms in total. The molecule has 2 aromatic carbocycles. The zero-order valence-corrected chi connectivity index (χ0v) is 12.6. The predicted molar refractivity (Wildman–Crippen MR) is 87.7 cm³/mol. The highest BCUT2D eigenvalue weighted by molar-refractivity contribution is 5.95. The minimum atomic E-state index is 0.662. The van der Waals surface area contributed by atoms with Gasteiger partial charge in [0.15, 0.2) is 0 Å². The molecule has 0 aliphatic carbocycles. The highest BCUT2D eigenvalue weighted by Crippen LogP contribution is 2.23. The average Bonchev–Trinajstić information content (AvgIpc) is 3.30. The molecular formula is C18H16N2O3. The molecule has 0 saturated heterocycles. The van der Waals surface area contributed by atoms with E-state index in [1.807, 2.05) is 48.5 Å². The largest absolute Gasteiger partial charge is 0.476 e. The first-order valence-corrected chi connectivity index (χ1v) is 7.62. The van der Waals surface area contributed by atoms with E-state index in [9.17, 15) is 0 Å². The van der Waals surface area contributed by atoms with Crippen LogP contribution in [0.2, 0.25) is 0 Å². The lowest BCUT2D eigenvalue weighted by atomic mass is 10.2. The summed E-state index contributed by atoms with van der Waals surface area (Å²) < 4.78 is 16.7. The molecule has 2 aliphatic rings. The van der Waals surface area contributed by atoms with Crippen molar-refractivity contribution in [3.8, 4) is 11.5 Å². The summed E-state index contributed by atoms with van der Waals surface area (Å²) in [5, 5.41) is 0. The van der Waals surface area contributed by atoms with Crippen molar-refractivity contribution in [2.24, 2.45) is 9.98 Å². The second-order valence-corrected chi connectivity index (χ2v) is 5.22. The Kier molecular flexibility index (Phi) is 3.68. The third-order valence-corrected chi connectivity index (χ3v) is 3.61. The molecule has 2 aliphatic heterocycles. The zero-order chi connectivity index (χ0) is 15.5. The van der Waals surface area contributed by atoms with E-state index in [4.69, 9.17) is 14.2 Å². The number of nitrogens with zero attached hydrogens (tertiary/aromatic N) is 2. The molecule has 2 aromatic rings. The summed E-state index contributed by atoms with van der Waals surface area (Å²) in [7, 11) is 0. The van der Waals surface area contributed by atoms with E-state index in [1.54, 1.807) is 0 Å². The summed E-state index contributed by atoms with van der Waals surface area (Å²) in [6.07, 6.45) is 0. The summed E-state index contributed by atoms with van der Waals surface area (Å²) >= 11 is 0. The maximum atomic E-state index is 5.85. The van der Waals surface area contributed by atoms with Crippen LogP contribution >= 0.6 is 0 Å². The molecule has 0 N–H and O–H groups in total. The van der Waals surface area contributed by atoms with E-state index in [2.05, 4.69) is 9.98 Å². The number of ether oxygens (including phenoxy) is 3. The normalized spacial score (nSPS) is 16.3. The molecule has 2 heterocycles. The molecule has 0 unspecified atom stereocenters. The van der Waals surface area contributed by atoms with Crippen LogP contribution in [-0.4, -0.2) is 38.1 Å². The molecule has 0 bridgehead atoms. The standard InChI is InChI=1S/C18H16N2O3/c1-5-15(6-2-13(1)17-19-9-11-21-17)23-16-7-3-14(4-8-16)18-20-10-12-22-18/h1-8H,9-12H2. The molecule has 0 aromatic heterocycles. The van der Waals surface area contributed by atoms with Crippen LogP contribution in [0.15, 0.2) is 58.5 Å². The Bertz CT molecular complexity index is 683. The van der Waals surface area contributed by atoms with Gasteiger partial charge >= 0.3 is 0 Å². The van der Waals surface area contributed by atoms with Crippen molar-refractivity contribution in [2.75, 3.05) is 26.3 Å². The Morgan fingerprint density at radius 3 is 1.43 bits per heavy atom. The van der Waals surface area contributed by atoms with Crippen molar-refractivity contribution in [2.45, 2.75) is 0 Å². The molecule has 0 amide bonds. The van der Waals surface area contributed by atoms with E-state index in [-0.39, 0.29) is 0 Å². The van der Waals surface area contributed by atoms with E-state index in [0.29, 0.717) is 25.0 Å². The summed E-state index contributed by atoms with van der Waals surface area (Å²) in [5.74, 6) is 2.96. The third kappa shape index (κ3) is 3.04. The number of hydrogen-bond donors (Lipinski definition) is 0. The van der Waals surface area contributed by atoms with Crippen LogP contribution in [0.25, 0.3) is 0 Å². The minimum absolute atomic E-state index is 0.662. The molecule has 23 heavy (non-hydrogen) atoms. The SMILES string of the molecule is c1cc(C2=NCCO2)ccc1Oc1ccc(C2=NCCO2)cc1. The fourth-order valence-corrected chi connectivity index (χ4v) is 2.49. The topological polar surface area (TPSA) is 52.4 Å². The van der Waals surface area contributed by atoms with Crippen LogP contribution in [0, 0.1) is 0 Å². The smallest absolute Gasteiger partial charge is 0.216 e. The fourth-order valence-electron chi connectivity index (χ4n) is 2.49. The van der Waals surface area contributed by atoms with Crippen LogP contribution in [0.3, 0.4) is 0 Å². The first kappa shape index (κ1) is 13.8. The van der Waals surface area contributed by atoms with Crippen molar-refractivity contribution in [1.29, 1.82) is 0 Å². The summed E-state index contributed by atoms with van der Waals surface area (Å²) in [4.78, 5) is 8.60. The van der Waals surface area contributed by atoms with Gasteiger partial charge in [0.25, 0.3) is 0 Å². The summed E-state index contributed by atoms with van der Waals surface area (Å²) in [5.41, 5.74) is 1.95. The van der Waals surface area contributed by atoms with Gasteiger partial charge in [0.1, 0.15) is 24.7 Å². The van der Waals surface area contributed by atoms with Crippen LogP contribution < -0.4 is 4.74 Å². The van der Waals surface area contributed by atoms with Gasteiger partial charge in [-0.3, -0.25) is 0 Å². The molecule has 4 rings (SSSR count). The van der Waals surface area contributed by atoms with Crippen molar-refractivity contribution < 1.29 is 14.2 Å². The highest BCUT2D eigenvalue weighted by Gasteiger charge is 2.11. The summed E-state index contributed by atoms with van der Waals surface area (Å²) in [6.45, 7) is 2.79. The predicted octanol–water partition coefficient (Wildman–Crippen LogP) is 3.03. The lowest BCUT2D eigenvalue weighted by Gasteiger charge is -2.08. The van der Waals surface area contributed by atoms with Gasteiger partial charge in [-0.05, 0) is 48.5 Å². The Labute approximate surface area is 134 Å². The van der Waals surface area contributed by atoms with Crippen LogP contribution in [0.4, 0.5) is 0 Å². The van der Waals surface area contributed by atoms with E-state index in [1.165, 1.54) is 0 Å². The Morgan fingerprint density at radius 1 is 0.652 bits per heavy atom. The molecular weight excluding hydrogens is 292 g/mol. The zero-order valence-electron chi connectivity index (χ0n) is 12.6. The van der Waals surface area contributed by atoms with Crippen molar-refractivity contribution >= 4 is 11.8 Å². The van der Waals surface area contributed by atoms with Crippen LogP contribution in [0.1, 0.15) is 11.1 Å². The second-order valence-electron chi connectivity index (χ2n) is 5.22. The van der Waals surface area contributed by atoms with Crippen molar-refractivity contribution in [3.63, 3.8) is 0 Å². The molecule has 5 heteroatoms. The highest BCUT2D eigenvalue weighted by atomic mass is 16.5. The molecule has 0 fully saturated rings. The maximum Gasteiger partial charge on any atom is 0.216 e. The minimum Gasteiger partial charge on any atom is -0.476 e. The molecule has 0 spiro atoms. The molecule has 0 saturated carbocycles. The maximum absolute atomic E-state index is 5.85. The first-order chi connectivity index (χ1) is 11.4. The van der Waals surface area contributed by atoms with Crippen LogP contribution in [0.5, 0.6) is 11.5 Å². The number of benzene rings is 2. The van der Waals surface area contributed by atoms with Gasteiger partial charge in [-0.15, -0.1) is 0 Å². The van der Waals surface area contributed by atoms with Crippen LogP contribution in [-0.2, 0) is 9.47 Å². The van der Waals surface area contributed by atoms with E-state index >= 15 is 0 Å². The lowest BCUT2D eigenvalue weighted by Crippen LogP contribution is -2.01. The second kappa shape index (κ2) is 6.12. The van der Waals surface area contributed by atoms with Gasteiger partial charge in [-0.1, -0.05) is 0 Å². The summed E-state index contributed by atoms with van der Waals surface area (Å²) in [6, 6.07) is 15.5. The van der Waals surface area contributed by atoms with Gasteiger partial charge in [0.05, 0.1) is 13.1 Å². The van der Waals surface area contributed by atoms with Gasteiger partial charge in [0, 0.05) is 11.1 Å². The number of rotatable bonds is 4. The monoisotopic (exact) mass is 308 g/mol. The number of aliphatic imine (C=N–C) groups is 2. The van der Waals surface area contributed by atoms with Gasteiger partial charge < -0.3 is 14.2 Å². The van der Waals surface area contributed by atoms with E-state index < -0.39 is 0 Å². The van der Waals surface area contributed by atoms with Crippen molar-refractivity contribution in [1.82, 2.24) is 0 Å². The third-order valence-electron chi connectivity index (χ3n) is 3.61. The molecule has 116 valence electrons. The molecule has 0 atom stereocenters. The average molecular weight is 308 g/mol. The van der Waals surface area contributed by atoms with Gasteiger partial charge in [-0.25, -0.2) is 9.98 Å². The lowest BCUT2D eigenvalue weighted by molar-refractivity contribution is 0.348. The van der Waals surface area contributed by atoms with Gasteiger partial charge in [0.2, 0.25) is 11.8 Å². The van der Waals surface area contributed by atoms with Crippen molar-refractivity contribution in [3.05, 3.63) is 59.7 Å². The first-order valence-electron chi connectivity index (χ1n) is 7.62. The molecule has 0 radical (unpaired) electrons. The van der Waals surface area contributed by atoms with Gasteiger partial charge in [-0.2, -0.15) is 0 Å². The fraction of sp³-hybridized carbons (Fsp3) is 0.222. The number of hydrogen-bond acceptors (Lipinski definition) is 5. The Hall–Kier alpha value is -2.82. The van der Waals surface area contributed by atoms with E-state index in [0.717, 1.165) is 35.7 Å². The quantitative estimate of drug-likeness (QED) is 0.872. The Balaban J connectivity index is 1.45.